The maximum absolute atomic E-state index is 10.9. The Balaban J connectivity index is 0.00000162. The Morgan fingerprint density at radius 3 is 2.61 bits per heavy atom. The summed E-state index contributed by atoms with van der Waals surface area (Å²) in [5.41, 5.74) is 1.18. The minimum atomic E-state index is -4.48. The van der Waals surface area contributed by atoms with E-state index in [1.54, 1.807) is 13.0 Å². The summed E-state index contributed by atoms with van der Waals surface area (Å²) in [4.78, 5) is -0.317. The molecule has 1 aliphatic rings. The van der Waals surface area contributed by atoms with E-state index in [1.165, 1.54) is 23.2 Å². The van der Waals surface area contributed by atoms with Crippen molar-refractivity contribution in [1.29, 1.82) is 5.41 Å². The van der Waals surface area contributed by atoms with Crippen LogP contribution in [0.5, 0.6) is 0 Å². The average Bonchev–Trinajstić information content (AvgIpc) is 2.57. The van der Waals surface area contributed by atoms with Crippen molar-refractivity contribution in [3.63, 3.8) is 0 Å². The van der Waals surface area contributed by atoms with E-state index in [4.69, 9.17) is 5.41 Å². The Morgan fingerprint density at radius 2 is 2.11 bits per heavy atom. The standard InChI is InChI=1S/C10H11N3O3S.Na/c1-7-5-10(11)13(12-7)8-3-2-4-9(6-8)17(14,15)16;/h2-4,6,11H,5H2,1H3,(H,14,15,16);/q;+1/p-1. The van der Waals surface area contributed by atoms with E-state index >= 15 is 0 Å². The van der Waals surface area contributed by atoms with Crippen LogP contribution in [0, 0.1) is 5.41 Å². The van der Waals surface area contributed by atoms with Gasteiger partial charge in [-0.25, -0.2) is 13.4 Å². The van der Waals surface area contributed by atoms with Crippen LogP contribution in [0.3, 0.4) is 0 Å². The van der Waals surface area contributed by atoms with E-state index in [-0.39, 0.29) is 40.3 Å². The van der Waals surface area contributed by atoms with Crippen molar-refractivity contribution >= 4 is 27.4 Å². The van der Waals surface area contributed by atoms with Crippen LogP contribution >= 0.6 is 0 Å². The quantitative estimate of drug-likeness (QED) is 0.506. The van der Waals surface area contributed by atoms with Gasteiger partial charge in [0.2, 0.25) is 0 Å². The molecule has 0 aliphatic carbocycles. The third-order valence-electron chi connectivity index (χ3n) is 2.30. The van der Waals surface area contributed by atoms with Crippen molar-refractivity contribution < 1.29 is 42.5 Å². The molecule has 0 fully saturated rings. The van der Waals surface area contributed by atoms with E-state index in [1.807, 2.05) is 0 Å². The minimum Gasteiger partial charge on any atom is -0.744 e. The van der Waals surface area contributed by atoms with E-state index in [0.29, 0.717) is 12.1 Å². The van der Waals surface area contributed by atoms with Crippen LogP contribution in [0.1, 0.15) is 13.3 Å². The first kappa shape index (κ1) is 15.3. The molecule has 1 aromatic carbocycles. The van der Waals surface area contributed by atoms with Gasteiger partial charge in [0.05, 0.1) is 10.6 Å². The van der Waals surface area contributed by atoms with Gasteiger partial charge in [-0.05, 0) is 25.1 Å². The fourth-order valence-corrected chi connectivity index (χ4v) is 2.08. The number of nitrogens with one attached hydrogen (secondary N) is 1. The predicted molar refractivity (Wildman–Crippen MR) is 62.3 cm³/mol. The van der Waals surface area contributed by atoms with Gasteiger partial charge in [-0.1, -0.05) is 6.07 Å². The predicted octanol–water partition coefficient (Wildman–Crippen LogP) is -1.84. The summed E-state index contributed by atoms with van der Waals surface area (Å²) in [7, 11) is -4.48. The molecule has 0 atom stereocenters. The summed E-state index contributed by atoms with van der Waals surface area (Å²) < 4.78 is 32.6. The number of amidine groups is 1. The van der Waals surface area contributed by atoms with Crippen molar-refractivity contribution in [2.75, 3.05) is 5.01 Å². The van der Waals surface area contributed by atoms with Gasteiger partial charge in [-0.3, -0.25) is 5.41 Å². The first-order valence-electron chi connectivity index (χ1n) is 4.85. The van der Waals surface area contributed by atoms with Crippen molar-refractivity contribution in [3.8, 4) is 0 Å². The van der Waals surface area contributed by atoms with Gasteiger partial charge in [0, 0.05) is 12.1 Å². The fourth-order valence-electron chi connectivity index (χ4n) is 1.57. The zero-order valence-electron chi connectivity index (χ0n) is 10.0. The van der Waals surface area contributed by atoms with Gasteiger partial charge in [0.15, 0.2) is 0 Å². The zero-order chi connectivity index (χ0) is 12.6. The molecule has 0 saturated carbocycles. The monoisotopic (exact) mass is 275 g/mol. The SMILES string of the molecule is CC1=NN(c2cccc(S(=O)(=O)[O-])c2)C(=N)C1.[Na+]. The number of anilines is 1. The van der Waals surface area contributed by atoms with E-state index < -0.39 is 10.1 Å². The molecule has 0 unspecified atom stereocenters. The number of benzene rings is 1. The first-order valence-corrected chi connectivity index (χ1v) is 6.26. The van der Waals surface area contributed by atoms with Crippen LogP contribution in [0.4, 0.5) is 5.69 Å². The zero-order valence-corrected chi connectivity index (χ0v) is 12.9. The molecule has 2 rings (SSSR count). The molecule has 0 bridgehead atoms. The molecule has 8 heteroatoms. The Kier molecular flexibility index (Phi) is 4.68. The molecule has 0 amide bonds. The van der Waals surface area contributed by atoms with Gasteiger partial charge in [-0.2, -0.15) is 5.10 Å². The summed E-state index contributed by atoms with van der Waals surface area (Å²) in [6.07, 6.45) is 0.425. The van der Waals surface area contributed by atoms with Gasteiger partial charge >= 0.3 is 29.6 Å². The summed E-state index contributed by atoms with van der Waals surface area (Å²) >= 11 is 0. The first-order chi connectivity index (χ1) is 7.88. The van der Waals surface area contributed by atoms with Crippen LogP contribution in [0.15, 0.2) is 34.3 Å². The molecular formula is C10H10N3NaO3S. The van der Waals surface area contributed by atoms with Gasteiger partial charge in [0.25, 0.3) is 0 Å². The van der Waals surface area contributed by atoms with Gasteiger partial charge in [0.1, 0.15) is 16.0 Å². The number of hydrazone groups is 1. The maximum atomic E-state index is 10.9. The molecule has 0 radical (unpaired) electrons. The second-order valence-electron chi connectivity index (χ2n) is 3.72. The number of nitrogens with zero attached hydrogens (tertiary/aromatic N) is 2. The Bertz CT molecular complexity index is 613. The molecule has 0 spiro atoms. The average molecular weight is 275 g/mol. The van der Waals surface area contributed by atoms with Crippen molar-refractivity contribution in [2.45, 2.75) is 18.2 Å². The number of hydrogen-bond acceptors (Lipinski definition) is 5. The second-order valence-corrected chi connectivity index (χ2v) is 5.10. The second kappa shape index (κ2) is 5.50. The third-order valence-corrected chi connectivity index (χ3v) is 3.13. The summed E-state index contributed by atoms with van der Waals surface area (Å²) in [6.45, 7) is 1.78. The summed E-state index contributed by atoms with van der Waals surface area (Å²) in [6, 6.07) is 5.50. The molecule has 0 saturated heterocycles. The molecule has 6 nitrogen and oxygen atoms in total. The fraction of sp³-hybridized carbons (Fsp3) is 0.200. The van der Waals surface area contributed by atoms with Crippen LogP contribution in [0.2, 0.25) is 0 Å². The molecule has 18 heavy (non-hydrogen) atoms. The number of rotatable bonds is 2. The van der Waals surface area contributed by atoms with Crippen molar-refractivity contribution in [2.24, 2.45) is 5.10 Å². The Morgan fingerprint density at radius 1 is 1.44 bits per heavy atom. The molecule has 1 aromatic rings. The van der Waals surface area contributed by atoms with Crippen LogP contribution in [-0.4, -0.2) is 24.5 Å². The Labute approximate surface area is 127 Å². The van der Waals surface area contributed by atoms with E-state index in [2.05, 4.69) is 5.10 Å². The molecular weight excluding hydrogens is 265 g/mol. The third kappa shape index (κ3) is 3.18. The van der Waals surface area contributed by atoms with Gasteiger partial charge in [-0.15, -0.1) is 0 Å². The normalized spacial score (nSPS) is 15.3. The Hall–Kier alpha value is -0.730. The maximum Gasteiger partial charge on any atom is 1.00 e. The van der Waals surface area contributed by atoms with E-state index in [9.17, 15) is 13.0 Å². The molecule has 0 aromatic heterocycles. The van der Waals surface area contributed by atoms with Crippen LogP contribution in [0.25, 0.3) is 0 Å². The van der Waals surface area contributed by atoms with Crippen LogP contribution in [-0.2, 0) is 10.1 Å². The number of hydrogen-bond donors (Lipinski definition) is 1. The molecule has 1 N–H and O–H groups in total. The molecule has 90 valence electrons. The van der Waals surface area contributed by atoms with Crippen molar-refractivity contribution in [1.82, 2.24) is 0 Å². The summed E-state index contributed by atoms with van der Waals surface area (Å²) in [5, 5.41) is 13.1. The molecule has 1 aliphatic heterocycles. The largest absolute Gasteiger partial charge is 1.00 e. The van der Waals surface area contributed by atoms with Gasteiger partial charge < -0.3 is 4.55 Å². The summed E-state index contributed by atoms with van der Waals surface area (Å²) in [5.74, 6) is 0.253. The minimum absolute atomic E-state index is 0. The smallest absolute Gasteiger partial charge is 0.744 e. The van der Waals surface area contributed by atoms with Crippen LogP contribution < -0.4 is 34.6 Å². The topological polar surface area (TPSA) is 96.7 Å². The molecule has 1 heterocycles. The van der Waals surface area contributed by atoms with Crippen molar-refractivity contribution in [3.05, 3.63) is 24.3 Å². The van der Waals surface area contributed by atoms with E-state index in [0.717, 1.165) is 5.71 Å².